The zero-order valence-electron chi connectivity index (χ0n) is 16.9. The molecule has 150 valence electrons. The molecular weight excluding hydrogens is 372 g/mol. The summed E-state index contributed by atoms with van der Waals surface area (Å²) in [5.74, 6) is 1.29. The Hall–Kier alpha value is -3.32. The quantitative estimate of drug-likeness (QED) is 0.642. The van der Waals surface area contributed by atoms with Crippen molar-refractivity contribution in [3.63, 3.8) is 0 Å². The van der Waals surface area contributed by atoms with Crippen molar-refractivity contribution < 1.29 is 4.42 Å². The smallest absolute Gasteiger partial charge is 0.356 e. The molecule has 0 spiro atoms. The molecule has 0 N–H and O–H groups in total. The van der Waals surface area contributed by atoms with Crippen molar-refractivity contribution >= 4 is 5.69 Å². The van der Waals surface area contributed by atoms with Crippen LogP contribution in [0, 0.1) is 17.2 Å². The Labute approximate surface area is 176 Å². The van der Waals surface area contributed by atoms with Crippen LogP contribution in [-0.2, 0) is 19.3 Å². The van der Waals surface area contributed by atoms with E-state index in [1.807, 2.05) is 18.2 Å². The van der Waals surface area contributed by atoms with Gasteiger partial charge in [0.05, 0.1) is 5.69 Å². The lowest BCUT2D eigenvalue weighted by atomic mass is 9.86. The molecule has 4 heteroatoms. The van der Waals surface area contributed by atoms with E-state index < -0.39 is 5.63 Å². The zero-order valence-corrected chi connectivity index (χ0v) is 16.9. The maximum atomic E-state index is 12.7. The second kappa shape index (κ2) is 7.84. The van der Waals surface area contributed by atoms with Gasteiger partial charge >= 0.3 is 5.63 Å². The first-order valence-corrected chi connectivity index (χ1v) is 10.7. The number of anilines is 1. The average molecular weight is 396 g/mol. The predicted octanol–water partition coefficient (Wildman–Crippen LogP) is 4.74. The summed E-state index contributed by atoms with van der Waals surface area (Å²) in [4.78, 5) is 14.9. The van der Waals surface area contributed by atoms with E-state index in [1.165, 1.54) is 11.1 Å². The first-order valence-electron chi connectivity index (χ1n) is 10.7. The molecule has 1 saturated heterocycles. The van der Waals surface area contributed by atoms with Gasteiger partial charge in [-0.2, -0.15) is 5.26 Å². The van der Waals surface area contributed by atoms with Crippen molar-refractivity contribution in [1.29, 1.82) is 5.26 Å². The fourth-order valence-corrected chi connectivity index (χ4v) is 4.99. The lowest BCUT2D eigenvalue weighted by Crippen LogP contribution is -2.36. The molecule has 0 atom stereocenters. The Bertz CT molecular complexity index is 1170. The summed E-state index contributed by atoms with van der Waals surface area (Å²) in [6.07, 6.45) is 4.90. The summed E-state index contributed by atoms with van der Waals surface area (Å²) in [7, 11) is 0. The van der Waals surface area contributed by atoms with E-state index in [0.717, 1.165) is 62.0 Å². The molecular formula is C26H24N2O2. The van der Waals surface area contributed by atoms with Crippen LogP contribution in [0.2, 0.25) is 0 Å². The molecule has 0 saturated carbocycles. The molecule has 0 amide bonds. The number of nitriles is 1. The Morgan fingerprint density at radius 2 is 1.73 bits per heavy atom. The largest absolute Gasteiger partial charge is 0.421 e. The van der Waals surface area contributed by atoms with Gasteiger partial charge in [0.1, 0.15) is 11.8 Å². The summed E-state index contributed by atoms with van der Waals surface area (Å²) < 4.78 is 5.68. The van der Waals surface area contributed by atoms with Crippen LogP contribution in [0.25, 0.3) is 11.3 Å². The number of fused-ring (bicyclic) bond motifs is 3. The monoisotopic (exact) mass is 396 g/mol. The van der Waals surface area contributed by atoms with E-state index >= 15 is 0 Å². The third kappa shape index (κ3) is 3.31. The summed E-state index contributed by atoms with van der Waals surface area (Å²) in [5, 5.41) is 9.74. The molecule has 2 aliphatic rings. The maximum Gasteiger partial charge on any atom is 0.356 e. The third-order valence-corrected chi connectivity index (χ3v) is 6.51. The second-order valence-electron chi connectivity index (χ2n) is 8.31. The Balaban J connectivity index is 1.46. The van der Waals surface area contributed by atoms with Crippen molar-refractivity contribution in [2.24, 2.45) is 5.92 Å². The topological polar surface area (TPSA) is 57.2 Å². The molecule has 2 heterocycles. The number of piperidine rings is 1. The zero-order chi connectivity index (χ0) is 20.5. The molecule has 3 aromatic rings. The van der Waals surface area contributed by atoms with Gasteiger partial charge in [0.15, 0.2) is 5.56 Å². The van der Waals surface area contributed by atoms with Gasteiger partial charge in [-0.1, -0.05) is 54.6 Å². The van der Waals surface area contributed by atoms with Gasteiger partial charge in [0, 0.05) is 24.2 Å². The highest BCUT2D eigenvalue weighted by Crippen LogP contribution is 2.40. The fraction of sp³-hybridized carbons (Fsp3) is 0.308. The molecule has 4 nitrogen and oxygen atoms in total. The molecule has 1 aromatic heterocycles. The van der Waals surface area contributed by atoms with Crippen LogP contribution in [0.15, 0.2) is 63.8 Å². The lowest BCUT2D eigenvalue weighted by Gasteiger charge is -2.36. The van der Waals surface area contributed by atoms with E-state index in [-0.39, 0.29) is 5.56 Å². The number of hydrogen-bond donors (Lipinski definition) is 0. The van der Waals surface area contributed by atoms with Gasteiger partial charge in [-0.15, -0.1) is 0 Å². The van der Waals surface area contributed by atoms with Crippen LogP contribution >= 0.6 is 0 Å². The minimum atomic E-state index is -0.519. The van der Waals surface area contributed by atoms with E-state index in [9.17, 15) is 10.1 Å². The molecule has 1 aliphatic carbocycles. The van der Waals surface area contributed by atoms with E-state index in [1.54, 1.807) is 0 Å². The molecule has 5 rings (SSSR count). The number of nitrogens with zero attached hydrogens (tertiary/aromatic N) is 2. The summed E-state index contributed by atoms with van der Waals surface area (Å²) in [6, 6.07) is 20.9. The molecule has 0 bridgehead atoms. The molecule has 2 aromatic carbocycles. The van der Waals surface area contributed by atoms with Crippen molar-refractivity contribution in [2.75, 3.05) is 18.0 Å². The van der Waals surface area contributed by atoms with Crippen molar-refractivity contribution in [2.45, 2.75) is 32.1 Å². The minimum absolute atomic E-state index is 0.162. The van der Waals surface area contributed by atoms with E-state index in [2.05, 4.69) is 47.4 Å². The van der Waals surface area contributed by atoms with Gasteiger partial charge in [-0.25, -0.2) is 4.79 Å². The summed E-state index contributed by atoms with van der Waals surface area (Å²) in [5.41, 5.74) is 5.04. The van der Waals surface area contributed by atoms with E-state index in [0.29, 0.717) is 11.7 Å². The second-order valence-corrected chi connectivity index (χ2v) is 8.31. The highest BCUT2D eigenvalue weighted by atomic mass is 16.4. The van der Waals surface area contributed by atoms with Crippen LogP contribution in [0.4, 0.5) is 5.69 Å². The fourth-order valence-electron chi connectivity index (χ4n) is 4.99. The van der Waals surface area contributed by atoms with Gasteiger partial charge in [-0.3, -0.25) is 0 Å². The minimum Gasteiger partial charge on any atom is -0.421 e. The molecule has 1 fully saturated rings. The van der Waals surface area contributed by atoms with Crippen LogP contribution in [0.5, 0.6) is 0 Å². The predicted molar refractivity (Wildman–Crippen MR) is 118 cm³/mol. The number of aryl methyl sites for hydroxylation is 1. The van der Waals surface area contributed by atoms with Crippen LogP contribution in [0.1, 0.15) is 35.1 Å². The first kappa shape index (κ1) is 18.7. The Kier molecular flexibility index (Phi) is 4.88. The van der Waals surface area contributed by atoms with Crippen LogP contribution in [0.3, 0.4) is 0 Å². The Morgan fingerprint density at radius 3 is 2.50 bits per heavy atom. The van der Waals surface area contributed by atoms with E-state index in [4.69, 9.17) is 4.42 Å². The summed E-state index contributed by atoms with van der Waals surface area (Å²) >= 11 is 0. The number of rotatable bonds is 3. The molecule has 0 unspecified atom stereocenters. The lowest BCUT2D eigenvalue weighted by molar-refractivity contribution is 0.402. The molecule has 30 heavy (non-hydrogen) atoms. The van der Waals surface area contributed by atoms with Gasteiger partial charge in [-0.05, 0) is 49.1 Å². The van der Waals surface area contributed by atoms with Crippen LogP contribution < -0.4 is 10.5 Å². The molecule has 0 radical (unpaired) electrons. The number of benzene rings is 2. The highest BCUT2D eigenvalue weighted by molar-refractivity contribution is 5.77. The number of hydrogen-bond acceptors (Lipinski definition) is 4. The van der Waals surface area contributed by atoms with Crippen molar-refractivity contribution in [1.82, 2.24) is 0 Å². The highest BCUT2D eigenvalue weighted by Gasteiger charge is 2.30. The standard InChI is InChI=1S/C26H24N2O2/c27-17-23-24(28-14-12-19(13-15-28)16-18-6-2-1-3-7-18)22-11-10-20-8-4-5-9-21(20)25(22)30-26(23)29/h1-9,19H,10-16H2. The van der Waals surface area contributed by atoms with Gasteiger partial charge in [0.2, 0.25) is 0 Å². The van der Waals surface area contributed by atoms with Crippen molar-refractivity contribution in [3.8, 4) is 17.4 Å². The maximum absolute atomic E-state index is 12.7. The average Bonchev–Trinajstić information content (AvgIpc) is 2.79. The SMILES string of the molecule is N#Cc1c(N2CCC(Cc3ccccc3)CC2)c2c(oc1=O)-c1ccccc1CC2. The van der Waals surface area contributed by atoms with Crippen molar-refractivity contribution in [3.05, 3.63) is 87.3 Å². The summed E-state index contributed by atoms with van der Waals surface area (Å²) in [6.45, 7) is 1.73. The normalized spacial score (nSPS) is 15.9. The van der Waals surface area contributed by atoms with Gasteiger partial charge in [0.25, 0.3) is 0 Å². The molecule has 1 aliphatic heterocycles. The third-order valence-electron chi connectivity index (χ3n) is 6.51. The Morgan fingerprint density at radius 1 is 1.00 bits per heavy atom. The van der Waals surface area contributed by atoms with Gasteiger partial charge < -0.3 is 9.32 Å². The van der Waals surface area contributed by atoms with Crippen LogP contribution in [-0.4, -0.2) is 13.1 Å². The first-order chi connectivity index (χ1) is 14.7.